The van der Waals surface area contributed by atoms with E-state index in [9.17, 15) is 4.79 Å². The summed E-state index contributed by atoms with van der Waals surface area (Å²) in [7, 11) is 5.36. The van der Waals surface area contributed by atoms with Crippen molar-refractivity contribution in [2.45, 2.75) is 0 Å². The molecule has 0 aromatic heterocycles. The van der Waals surface area contributed by atoms with Crippen LogP contribution in [0, 0.1) is 0 Å². The average molecular weight is 297 g/mol. The first-order chi connectivity index (χ1) is 10.6. The molecule has 4 nitrogen and oxygen atoms in total. The number of carbonyl (C=O) groups excluding carboxylic acids is 1. The van der Waals surface area contributed by atoms with Gasteiger partial charge < -0.3 is 14.4 Å². The van der Waals surface area contributed by atoms with Gasteiger partial charge in [0.2, 0.25) is 0 Å². The van der Waals surface area contributed by atoms with Crippen LogP contribution in [0.3, 0.4) is 0 Å². The molecule has 0 spiro atoms. The van der Waals surface area contributed by atoms with Crippen LogP contribution >= 0.6 is 0 Å². The first-order valence-electron chi connectivity index (χ1n) is 6.89. The van der Waals surface area contributed by atoms with Crippen molar-refractivity contribution in [3.63, 3.8) is 0 Å². The highest BCUT2D eigenvalue weighted by molar-refractivity contribution is 6.04. The van der Waals surface area contributed by atoms with Crippen LogP contribution in [0.15, 0.2) is 60.8 Å². The van der Waals surface area contributed by atoms with E-state index in [1.54, 1.807) is 43.7 Å². The van der Waals surface area contributed by atoms with E-state index in [0.29, 0.717) is 17.1 Å². The Morgan fingerprint density at radius 3 is 1.91 bits per heavy atom. The first kappa shape index (κ1) is 15.6. The van der Waals surface area contributed by atoms with Crippen molar-refractivity contribution in [1.29, 1.82) is 0 Å². The molecule has 0 amide bonds. The Hall–Kier alpha value is -2.75. The van der Waals surface area contributed by atoms with Crippen molar-refractivity contribution < 1.29 is 14.3 Å². The van der Waals surface area contributed by atoms with Gasteiger partial charge in [0.15, 0.2) is 5.78 Å². The number of allylic oxidation sites excluding steroid dienone is 1. The number of nitrogens with zero attached hydrogens (tertiary/aromatic N) is 1. The van der Waals surface area contributed by atoms with Crippen molar-refractivity contribution in [3.05, 3.63) is 66.4 Å². The Kier molecular flexibility index (Phi) is 5.20. The van der Waals surface area contributed by atoms with Gasteiger partial charge in [-0.3, -0.25) is 4.79 Å². The summed E-state index contributed by atoms with van der Waals surface area (Å²) in [6.45, 7) is 0. The minimum atomic E-state index is -0.0373. The van der Waals surface area contributed by atoms with Crippen molar-refractivity contribution >= 4 is 5.78 Å². The van der Waals surface area contributed by atoms with Gasteiger partial charge in [-0.05, 0) is 48.5 Å². The lowest BCUT2D eigenvalue weighted by Crippen LogP contribution is -2.03. The molecule has 0 heterocycles. The summed E-state index contributed by atoms with van der Waals surface area (Å²) in [6.07, 6.45) is 3.27. The summed E-state index contributed by atoms with van der Waals surface area (Å²) in [4.78, 5) is 13.7. The third-order valence-corrected chi connectivity index (χ3v) is 2.96. The van der Waals surface area contributed by atoms with Gasteiger partial charge in [-0.25, -0.2) is 0 Å². The zero-order valence-electron chi connectivity index (χ0n) is 12.9. The quantitative estimate of drug-likeness (QED) is 0.601. The highest BCUT2D eigenvalue weighted by atomic mass is 16.5. The van der Waals surface area contributed by atoms with Gasteiger partial charge in [-0.2, -0.15) is 0 Å². The van der Waals surface area contributed by atoms with Gasteiger partial charge >= 0.3 is 0 Å². The van der Waals surface area contributed by atoms with Crippen molar-refractivity contribution in [2.75, 3.05) is 21.2 Å². The largest absolute Gasteiger partial charge is 0.497 e. The number of benzene rings is 2. The maximum Gasteiger partial charge on any atom is 0.187 e. The molecule has 0 aliphatic heterocycles. The van der Waals surface area contributed by atoms with Crippen LogP contribution in [0.1, 0.15) is 10.4 Å². The number of ether oxygens (including phenoxy) is 2. The van der Waals surface area contributed by atoms with E-state index in [-0.39, 0.29) is 5.78 Å². The van der Waals surface area contributed by atoms with Gasteiger partial charge in [0, 0.05) is 31.9 Å². The Morgan fingerprint density at radius 1 is 0.909 bits per heavy atom. The number of hydrogen-bond donors (Lipinski definition) is 0. The Bertz CT molecular complexity index is 643. The second kappa shape index (κ2) is 7.31. The smallest absolute Gasteiger partial charge is 0.187 e. The van der Waals surface area contributed by atoms with Crippen molar-refractivity contribution in [2.24, 2.45) is 0 Å². The lowest BCUT2D eigenvalue weighted by Gasteiger charge is -2.07. The summed E-state index contributed by atoms with van der Waals surface area (Å²) in [5, 5.41) is 0. The van der Waals surface area contributed by atoms with Crippen LogP contribution in [-0.4, -0.2) is 31.9 Å². The average Bonchev–Trinajstić information content (AvgIpc) is 2.54. The standard InChI is InChI=1S/C18H19NO3/c1-19(2)13-12-18(20)14-4-6-16(7-5-14)22-17-10-8-15(21-3)9-11-17/h4-13H,1-3H3. The maximum absolute atomic E-state index is 11.9. The zero-order chi connectivity index (χ0) is 15.9. The van der Waals surface area contributed by atoms with E-state index in [1.807, 2.05) is 43.3 Å². The van der Waals surface area contributed by atoms with Gasteiger partial charge in [0.25, 0.3) is 0 Å². The van der Waals surface area contributed by atoms with Crippen LogP contribution in [0.4, 0.5) is 0 Å². The molecule has 0 aliphatic carbocycles. The fraction of sp³-hybridized carbons (Fsp3) is 0.167. The highest BCUT2D eigenvalue weighted by Gasteiger charge is 2.03. The van der Waals surface area contributed by atoms with Crippen molar-refractivity contribution in [3.8, 4) is 17.2 Å². The summed E-state index contributed by atoms with van der Waals surface area (Å²) < 4.78 is 10.8. The molecule has 2 aromatic carbocycles. The highest BCUT2D eigenvalue weighted by Crippen LogP contribution is 2.24. The minimum absolute atomic E-state index is 0.0373. The van der Waals surface area contributed by atoms with E-state index in [4.69, 9.17) is 9.47 Å². The molecule has 22 heavy (non-hydrogen) atoms. The molecule has 0 fully saturated rings. The van der Waals surface area contributed by atoms with Crippen LogP contribution in [0.25, 0.3) is 0 Å². The molecule has 0 radical (unpaired) electrons. The van der Waals surface area contributed by atoms with Crippen LogP contribution in [0.2, 0.25) is 0 Å². The summed E-state index contributed by atoms with van der Waals surface area (Å²) in [5.41, 5.74) is 0.625. The van der Waals surface area contributed by atoms with Crippen LogP contribution in [0.5, 0.6) is 17.2 Å². The summed E-state index contributed by atoms with van der Waals surface area (Å²) >= 11 is 0. The third kappa shape index (κ3) is 4.38. The van der Waals surface area contributed by atoms with Crippen molar-refractivity contribution in [1.82, 2.24) is 4.90 Å². The maximum atomic E-state index is 11.9. The van der Waals surface area contributed by atoms with Gasteiger partial charge in [0.05, 0.1) is 7.11 Å². The Balaban J connectivity index is 2.03. The Labute approximate surface area is 130 Å². The van der Waals surface area contributed by atoms with Gasteiger partial charge in [-0.15, -0.1) is 0 Å². The Morgan fingerprint density at radius 2 is 1.41 bits per heavy atom. The number of ketones is 1. The molecule has 2 rings (SSSR count). The van der Waals surface area contributed by atoms with Crippen LogP contribution in [-0.2, 0) is 0 Å². The first-order valence-corrected chi connectivity index (χ1v) is 6.89. The van der Waals surface area contributed by atoms with E-state index in [0.717, 1.165) is 5.75 Å². The molecule has 0 saturated heterocycles. The monoisotopic (exact) mass is 297 g/mol. The molecule has 0 aliphatic rings. The fourth-order valence-electron chi connectivity index (χ4n) is 1.78. The second-order valence-corrected chi connectivity index (χ2v) is 4.95. The van der Waals surface area contributed by atoms with E-state index in [1.165, 1.54) is 0 Å². The van der Waals surface area contributed by atoms with Gasteiger partial charge in [-0.1, -0.05) is 0 Å². The molecule has 114 valence electrons. The predicted octanol–water partition coefficient (Wildman–Crippen LogP) is 3.75. The van der Waals surface area contributed by atoms with E-state index >= 15 is 0 Å². The number of methoxy groups -OCH3 is 1. The molecule has 0 unspecified atom stereocenters. The zero-order valence-corrected chi connectivity index (χ0v) is 12.9. The number of rotatable bonds is 6. The summed E-state index contributed by atoms with van der Waals surface area (Å²) in [5.74, 6) is 2.14. The lowest BCUT2D eigenvalue weighted by atomic mass is 10.1. The molecular formula is C18H19NO3. The minimum Gasteiger partial charge on any atom is -0.497 e. The number of carbonyl (C=O) groups is 1. The molecule has 0 saturated carbocycles. The molecule has 0 atom stereocenters. The number of hydrogen-bond acceptors (Lipinski definition) is 4. The molecule has 0 N–H and O–H groups in total. The topological polar surface area (TPSA) is 38.8 Å². The second-order valence-electron chi connectivity index (χ2n) is 4.95. The third-order valence-electron chi connectivity index (χ3n) is 2.96. The lowest BCUT2D eigenvalue weighted by molar-refractivity contribution is 0.104. The molecule has 4 heteroatoms. The van der Waals surface area contributed by atoms with E-state index in [2.05, 4.69) is 0 Å². The van der Waals surface area contributed by atoms with Gasteiger partial charge in [0.1, 0.15) is 17.2 Å². The van der Waals surface area contributed by atoms with Crippen LogP contribution < -0.4 is 9.47 Å². The molecule has 2 aromatic rings. The summed E-state index contributed by atoms with van der Waals surface area (Å²) in [6, 6.07) is 14.4. The normalized spacial score (nSPS) is 10.5. The predicted molar refractivity (Wildman–Crippen MR) is 86.7 cm³/mol. The molecular weight excluding hydrogens is 278 g/mol. The van der Waals surface area contributed by atoms with E-state index < -0.39 is 0 Å². The fourth-order valence-corrected chi connectivity index (χ4v) is 1.78. The SMILES string of the molecule is COc1ccc(Oc2ccc(C(=O)C=CN(C)C)cc2)cc1. The molecule has 0 bridgehead atoms.